The number of nitrogen functional groups attached to an aromatic ring is 1. The number of primary amides is 1. The molecule has 6 rings (SSSR count). The molecular formula is C31H26N6O4S. The van der Waals surface area contributed by atoms with Crippen LogP contribution in [0.2, 0.25) is 0 Å². The van der Waals surface area contributed by atoms with E-state index in [1.54, 1.807) is 79.4 Å². The molecule has 210 valence electrons. The summed E-state index contributed by atoms with van der Waals surface area (Å²) < 4.78 is 34.9. The van der Waals surface area contributed by atoms with E-state index in [-0.39, 0.29) is 15.4 Å². The number of hydrogen-bond acceptors (Lipinski definition) is 8. The largest absolute Gasteiger partial charge is 0.497 e. The van der Waals surface area contributed by atoms with Gasteiger partial charge < -0.3 is 21.5 Å². The minimum atomic E-state index is -4.00. The molecule has 0 saturated heterocycles. The van der Waals surface area contributed by atoms with Crippen LogP contribution in [0.15, 0.2) is 101 Å². The van der Waals surface area contributed by atoms with Gasteiger partial charge in [0.05, 0.1) is 44.9 Å². The number of rotatable bonds is 7. The Morgan fingerprint density at radius 3 is 2.50 bits per heavy atom. The number of carbonyl (C=O) groups is 1. The van der Waals surface area contributed by atoms with Gasteiger partial charge in [0, 0.05) is 40.6 Å². The average Bonchev–Trinajstić information content (AvgIpc) is 3.41. The van der Waals surface area contributed by atoms with Crippen molar-refractivity contribution in [3.63, 3.8) is 0 Å². The molecule has 2 aromatic heterocycles. The van der Waals surface area contributed by atoms with Crippen molar-refractivity contribution in [3.8, 4) is 11.4 Å². The van der Waals surface area contributed by atoms with Gasteiger partial charge in [0.1, 0.15) is 5.75 Å². The van der Waals surface area contributed by atoms with Gasteiger partial charge in [-0.1, -0.05) is 6.07 Å². The summed E-state index contributed by atoms with van der Waals surface area (Å²) in [5, 5.41) is 9.02. The number of aromatic nitrogens is 3. The molecule has 0 radical (unpaired) electrons. The highest BCUT2D eigenvalue weighted by Crippen LogP contribution is 2.35. The Kier molecular flexibility index (Phi) is 6.51. The fourth-order valence-corrected chi connectivity index (χ4v) is 6.22. The van der Waals surface area contributed by atoms with Gasteiger partial charge in [0.15, 0.2) is 0 Å². The SMILES string of the molecule is COc1cccc(Nc2c(C(N)=O)cnc3c(C)cc(S(=O)(=O)c4ccc5cn(-c6ccc(N)cc6)nc5c4)cc23)c1. The lowest BCUT2D eigenvalue weighted by Crippen LogP contribution is -2.14. The molecule has 6 aromatic rings. The normalized spacial score (nSPS) is 11.6. The number of nitrogens with two attached hydrogens (primary N) is 2. The molecule has 0 unspecified atom stereocenters. The van der Waals surface area contributed by atoms with Crippen LogP contribution in [0.4, 0.5) is 17.1 Å². The van der Waals surface area contributed by atoms with Gasteiger partial charge in [-0.3, -0.25) is 9.78 Å². The average molecular weight is 579 g/mol. The van der Waals surface area contributed by atoms with Gasteiger partial charge in [-0.2, -0.15) is 5.10 Å². The molecule has 10 nitrogen and oxygen atoms in total. The lowest BCUT2D eigenvalue weighted by Gasteiger charge is -2.16. The number of carbonyl (C=O) groups excluding carboxylic acids is 1. The second-order valence-corrected chi connectivity index (χ2v) is 11.7. The molecule has 11 heteroatoms. The number of aryl methyl sites for hydroxylation is 1. The van der Waals surface area contributed by atoms with E-state index in [2.05, 4.69) is 15.4 Å². The van der Waals surface area contributed by atoms with E-state index in [9.17, 15) is 13.2 Å². The van der Waals surface area contributed by atoms with Crippen LogP contribution in [0.3, 0.4) is 0 Å². The maximum absolute atomic E-state index is 14.0. The molecule has 0 saturated carbocycles. The van der Waals surface area contributed by atoms with E-state index in [4.69, 9.17) is 16.2 Å². The van der Waals surface area contributed by atoms with Crippen molar-refractivity contribution in [1.29, 1.82) is 0 Å². The Hall–Kier alpha value is -5.42. The third-order valence-corrected chi connectivity index (χ3v) is 8.73. The fraction of sp³-hybridized carbons (Fsp3) is 0.0645. The standard InChI is InChI=1S/C31H26N6O4S/c1-18-12-25(14-26-29(18)34-16-27(31(33)38)30(26)35-21-4-3-5-23(13-21)41-2)42(39,40)24-11-6-19-17-37(36-28(19)15-24)22-9-7-20(32)8-10-22/h3-17H,32H2,1-2H3,(H2,33,38)(H,34,35). The Labute approximate surface area is 241 Å². The molecule has 0 fully saturated rings. The summed E-state index contributed by atoms with van der Waals surface area (Å²) in [6, 6.07) is 22.3. The minimum absolute atomic E-state index is 0.0435. The number of fused-ring (bicyclic) bond motifs is 2. The van der Waals surface area contributed by atoms with Gasteiger partial charge in [0.25, 0.3) is 5.91 Å². The number of amides is 1. The molecule has 0 spiro atoms. The monoisotopic (exact) mass is 578 g/mol. The first-order valence-corrected chi connectivity index (χ1v) is 14.4. The van der Waals surface area contributed by atoms with Crippen LogP contribution in [-0.2, 0) is 9.84 Å². The van der Waals surface area contributed by atoms with E-state index in [0.717, 1.165) is 11.1 Å². The van der Waals surface area contributed by atoms with E-state index in [1.165, 1.54) is 12.3 Å². The maximum atomic E-state index is 14.0. The van der Waals surface area contributed by atoms with Crippen molar-refractivity contribution in [3.05, 3.63) is 102 Å². The number of pyridine rings is 1. The molecule has 0 bridgehead atoms. The van der Waals surface area contributed by atoms with Crippen LogP contribution < -0.4 is 21.5 Å². The quantitative estimate of drug-likeness (QED) is 0.220. The zero-order valence-corrected chi connectivity index (χ0v) is 23.5. The number of nitrogens with zero attached hydrogens (tertiary/aromatic N) is 3. The number of benzene rings is 4. The third kappa shape index (κ3) is 4.75. The van der Waals surface area contributed by atoms with Crippen LogP contribution in [0.25, 0.3) is 27.5 Å². The first-order valence-electron chi connectivity index (χ1n) is 12.9. The van der Waals surface area contributed by atoms with Gasteiger partial charge >= 0.3 is 0 Å². The first kappa shape index (κ1) is 26.8. The van der Waals surface area contributed by atoms with E-state index in [0.29, 0.717) is 44.8 Å². The summed E-state index contributed by atoms with van der Waals surface area (Å²) in [4.78, 5) is 17.0. The lowest BCUT2D eigenvalue weighted by molar-refractivity contribution is 0.100. The topological polar surface area (TPSA) is 155 Å². The van der Waals surface area contributed by atoms with Gasteiger partial charge in [-0.15, -0.1) is 0 Å². The molecular weight excluding hydrogens is 552 g/mol. The molecule has 0 aliphatic rings. The smallest absolute Gasteiger partial charge is 0.252 e. The van der Waals surface area contributed by atoms with Crippen LogP contribution in [-0.4, -0.2) is 36.2 Å². The first-order chi connectivity index (χ1) is 20.1. The van der Waals surface area contributed by atoms with Crippen molar-refractivity contribution in [2.24, 2.45) is 5.73 Å². The van der Waals surface area contributed by atoms with Gasteiger partial charge in [-0.25, -0.2) is 13.1 Å². The molecule has 42 heavy (non-hydrogen) atoms. The summed E-state index contributed by atoms with van der Waals surface area (Å²) in [5.41, 5.74) is 15.7. The minimum Gasteiger partial charge on any atom is -0.497 e. The summed E-state index contributed by atoms with van der Waals surface area (Å²) in [5.74, 6) is -0.101. The number of hydrogen-bond donors (Lipinski definition) is 3. The van der Waals surface area contributed by atoms with Crippen LogP contribution in [0, 0.1) is 6.92 Å². The predicted molar refractivity (Wildman–Crippen MR) is 162 cm³/mol. The Balaban J connectivity index is 1.47. The van der Waals surface area contributed by atoms with Gasteiger partial charge in [-0.05, 0) is 79.2 Å². The van der Waals surface area contributed by atoms with E-state index < -0.39 is 15.7 Å². The van der Waals surface area contributed by atoms with Crippen LogP contribution in [0.5, 0.6) is 5.75 Å². The lowest BCUT2D eigenvalue weighted by atomic mass is 10.1. The molecule has 1 amide bonds. The second-order valence-electron chi connectivity index (χ2n) is 9.79. The van der Waals surface area contributed by atoms with Crippen molar-refractivity contribution in [2.75, 3.05) is 18.2 Å². The van der Waals surface area contributed by atoms with Crippen LogP contribution in [0.1, 0.15) is 15.9 Å². The molecule has 5 N–H and O–H groups in total. The summed E-state index contributed by atoms with van der Waals surface area (Å²) in [6.07, 6.45) is 3.21. The highest BCUT2D eigenvalue weighted by Gasteiger charge is 2.23. The molecule has 2 heterocycles. The molecule has 4 aromatic carbocycles. The van der Waals surface area contributed by atoms with E-state index in [1.807, 2.05) is 18.3 Å². The summed E-state index contributed by atoms with van der Waals surface area (Å²) >= 11 is 0. The van der Waals surface area contributed by atoms with Crippen molar-refractivity contribution < 1.29 is 17.9 Å². The maximum Gasteiger partial charge on any atom is 0.252 e. The Morgan fingerprint density at radius 2 is 1.76 bits per heavy atom. The number of anilines is 3. The second kappa shape index (κ2) is 10.2. The van der Waals surface area contributed by atoms with E-state index >= 15 is 0 Å². The zero-order valence-electron chi connectivity index (χ0n) is 22.7. The van der Waals surface area contributed by atoms with Crippen molar-refractivity contribution >= 4 is 54.6 Å². The summed E-state index contributed by atoms with van der Waals surface area (Å²) in [6.45, 7) is 1.77. The highest BCUT2D eigenvalue weighted by atomic mass is 32.2. The van der Waals surface area contributed by atoms with Gasteiger partial charge in [0.2, 0.25) is 9.84 Å². The summed E-state index contributed by atoms with van der Waals surface area (Å²) in [7, 11) is -2.44. The fourth-order valence-electron chi connectivity index (χ4n) is 4.83. The predicted octanol–water partition coefficient (Wildman–Crippen LogP) is 5.15. The zero-order chi connectivity index (χ0) is 29.6. The number of methoxy groups -OCH3 is 1. The number of nitrogens with one attached hydrogen (secondary N) is 1. The van der Waals surface area contributed by atoms with Crippen molar-refractivity contribution in [2.45, 2.75) is 16.7 Å². The Bertz CT molecular complexity index is 2120. The Morgan fingerprint density at radius 1 is 0.976 bits per heavy atom. The molecule has 0 aliphatic carbocycles. The van der Waals surface area contributed by atoms with Crippen LogP contribution >= 0.6 is 0 Å². The number of ether oxygens (including phenoxy) is 1. The molecule has 0 aliphatic heterocycles. The third-order valence-electron chi connectivity index (χ3n) is 7.00. The molecule has 0 atom stereocenters. The van der Waals surface area contributed by atoms with Crippen molar-refractivity contribution in [1.82, 2.24) is 14.8 Å². The highest BCUT2D eigenvalue weighted by molar-refractivity contribution is 7.91. The number of sulfone groups is 1.